The third-order valence-corrected chi connectivity index (χ3v) is 4.89. The zero-order chi connectivity index (χ0) is 18.9. The standard InChI is InChI=1S/C18H21F3N4O.ClH/c1-10(12-5-3-4-6-14(12)18(19,20)21)11(2)23-17(26)16-13-9-22-8-7-15(13)24-25-16;/h3-6,10-11,22H,7-9H2,1-2H3,(H,23,26)(H,24,25);1H. The van der Waals surface area contributed by atoms with Gasteiger partial charge in [-0.2, -0.15) is 18.3 Å². The Morgan fingerprint density at radius 2 is 1.96 bits per heavy atom. The van der Waals surface area contributed by atoms with E-state index in [1.807, 2.05) is 0 Å². The monoisotopic (exact) mass is 402 g/mol. The number of carbonyl (C=O) groups is 1. The summed E-state index contributed by atoms with van der Waals surface area (Å²) < 4.78 is 39.7. The average molecular weight is 403 g/mol. The lowest BCUT2D eigenvalue weighted by Crippen LogP contribution is -2.38. The summed E-state index contributed by atoms with van der Waals surface area (Å²) in [5.41, 5.74) is 1.55. The van der Waals surface area contributed by atoms with Gasteiger partial charge in [0.15, 0.2) is 5.69 Å². The van der Waals surface area contributed by atoms with E-state index in [1.54, 1.807) is 19.9 Å². The maximum absolute atomic E-state index is 13.2. The predicted molar refractivity (Wildman–Crippen MR) is 98.0 cm³/mol. The Hall–Kier alpha value is -2.06. The number of aromatic nitrogens is 2. The second-order valence-electron chi connectivity index (χ2n) is 6.59. The third-order valence-electron chi connectivity index (χ3n) is 4.89. The van der Waals surface area contributed by atoms with Crippen LogP contribution in [0.4, 0.5) is 13.2 Å². The van der Waals surface area contributed by atoms with Gasteiger partial charge in [0.05, 0.1) is 5.56 Å². The SMILES string of the molecule is CC(NC(=O)c1n[nH]c2c1CNCC2)C(C)c1ccccc1C(F)(F)F.Cl. The highest BCUT2D eigenvalue weighted by atomic mass is 35.5. The second-order valence-corrected chi connectivity index (χ2v) is 6.59. The fraction of sp³-hybridized carbons (Fsp3) is 0.444. The van der Waals surface area contributed by atoms with E-state index >= 15 is 0 Å². The Morgan fingerprint density at radius 1 is 1.26 bits per heavy atom. The minimum Gasteiger partial charge on any atom is -0.348 e. The first-order chi connectivity index (χ1) is 12.3. The molecule has 1 amide bonds. The zero-order valence-electron chi connectivity index (χ0n) is 15.0. The zero-order valence-corrected chi connectivity index (χ0v) is 15.8. The molecule has 1 aliphatic rings. The molecule has 9 heteroatoms. The van der Waals surface area contributed by atoms with Crippen LogP contribution in [0.2, 0.25) is 0 Å². The Bertz CT molecular complexity index is 806. The summed E-state index contributed by atoms with van der Waals surface area (Å²) in [6.45, 7) is 4.75. The summed E-state index contributed by atoms with van der Waals surface area (Å²) >= 11 is 0. The Balaban J connectivity index is 0.00000261. The van der Waals surface area contributed by atoms with Crippen molar-refractivity contribution >= 4 is 18.3 Å². The molecule has 148 valence electrons. The molecule has 1 aromatic heterocycles. The molecule has 1 aliphatic heterocycles. The first kappa shape index (κ1) is 21.2. The molecule has 0 radical (unpaired) electrons. The van der Waals surface area contributed by atoms with E-state index in [2.05, 4.69) is 20.8 Å². The van der Waals surface area contributed by atoms with E-state index in [0.29, 0.717) is 12.2 Å². The number of carbonyl (C=O) groups excluding carboxylic acids is 1. The highest BCUT2D eigenvalue weighted by Crippen LogP contribution is 2.36. The molecule has 27 heavy (non-hydrogen) atoms. The van der Waals surface area contributed by atoms with Gasteiger partial charge >= 0.3 is 6.18 Å². The van der Waals surface area contributed by atoms with E-state index in [1.165, 1.54) is 12.1 Å². The molecule has 0 aliphatic carbocycles. The number of benzene rings is 1. The molecule has 2 heterocycles. The van der Waals surface area contributed by atoms with Gasteiger partial charge in [-0.25, -0.2) is 0 Å². The lowest BCUT2D eigenvalue weighted by molar-refractivity contribution is -0.138. The summed E-state index contributed by atoms with van der Waals surface area (Å²) in [7, 11) is 0. The number of nitrogens with zero attached hydrogens (tertiary/aromatic N) is 1. The van der Waals surface area contributed by atoms with Gasteiger partial charge in [0.25, 0.3) is 5.91 Å². The molecule has 2 atom stereocenters. The van der Waals surface area contributed by atoms with Gasteiger partial charge < -0.3 is 10.6 Å². The quantitative estimate of drug-likeness (QED) is 0.734. The maximum atomic E-state index is 13.2. The van der Waals surface area contributed by atoms with E-state index in [-0.39, 0.29) is 23.9 Å². The number of alkyl halides is 3. The molecule has 1 aromatic carbocycles. The number of fused-ring (bicyclic) bond motifs is 1. The highest BCUT2D eigenvalue weighted by Gasteiger charge is 2.35. The molecular weight excluding hydrogens is 381 g/mol. The van der Waals surface area contributed by atoms with Crippen molar-refractivity contribution in [3.05, 3.63) is 52.3 Å². The number of hydrogen-bond donors (Lipinski definition) is 3. The van der Waals surface area contributed by atoms with Crippen LogP contribution in [0, 0.1) is 0 Å². The number of H-pyrrole nitrogens is 1. The number of aromatic amines is 1. The van der Waals surface area contributed by atoms with Crippen LogP contribution >= 0.6 is 12.4 Å². The van der Waals surface area contributed by atoms with E-state index in [4.69, 9.17) is 0 Å². The fourth-order valence-electron chi connectivity index (χ4n) is 3.23. The van der Waals surface area contributed by atoms with Crippen LogP contribution in [0.25, 0.3) is 0 Å². The molecule has 0 fully saturated rings. The largest absolute Gasteiger partial charge is 0.416 e. The lowest BCUT2D eigenvalue weighted by Gasteiger charge is -2.24. The molecule has 0 saturated heterocycles. The van der Waals surface area contributed by atoms with Gasteiger partial charge in [0, 0.05) is 42.7 Å². The van der Waals surface area contributed by atoms with Gasteiger partial charge in [0.1, 0.15) is 0 Å². The first-order valence-electron chi connectivity index (χ1n) is 8.53. The van der Waals surface area contributed by atoms with Crippen molar-refractivity contribution in [2.24, 2.45) is 0 Å². The topological polar surface area (TPSA) is 69.8 Å². The number of hydrogen-bond acceptors (Lipinski definition) is 3. The Kier molecular flexibility index (Phi) is 6.54. The predicted octanol–water partition coefficient (Wildman–Crippen LogP) is 3.42. The van der Waals surface area contributed by atoms with Crippen molar-refractivity contribution in [1.82, 2.24) is 20.8 Å². The molecule has 3 N–H and O–H groups in total. The molecule has 0 spiro atoms. The van der Waals surface area contributed by atoms with Crippen molar-refractivity contribution in [2.75, 3.05) is 6.54 Å². The normalized spacial score (nSPS) is 16.0. The van der Waals surface area contributed by atoms with Crippen LogP contribution in [-0.4, -0.2) is 28.7 Å². The second kappa shape index (κ2) is 8.31. The van der Waals surface area contributed by atoms with Crippen molar-refractivity contribution in [3.8, 4) is 0 Å². The summed E-state index contributed by atoms with van der Waals surface area (Å²) in [4.78, 5) is 12.6. The summed E-state index contributed by atoms with van der Waals surface area (Å²) in [6.07, 6.45) is -3.66. The van der Waals surface area contributed by atoms with Gasteiger partial charge in [-0.15, -0.1) is 12.4 Å². The van der Waals surface area contributed by atoms with Crippen molar-refractivity contribution < 1.29 is 18.0 Å². The maximum Gasteiger partial charge on any atom is 0.416 e. The summed E-state index contributed by atoms with van der Waals surface area (Å²) in [5.74, 6) is -0.889. The lowest BCUT2D eigenvalue weighted by atomic mass is 9.90. The first-order valence-corrected chi connectivity index (χ1v) is 8.53. The van der Waals surface area contributed by atoms with E-state index < -0.39 is 23.7 Å². The third kappa shape index (κ3) is 4.44. The van der Waals surface area contributed by atoms with Crippen LogP contribution in [0.15, 0.2) is 24.3 Å². The minimum atomic E-state index is -4.43. The van der Waals surface area contributed by atoms with Crippen LogP contribution in [0.5, 0.6) is 0 Å². The van der Waals surface area contributed by atoms with Gasteiger partial charge in [-0.1, -0.05) is 25.1 Å². The molecule has 0 bridgehead atoms. The number of halogens is 4. The van der Waals surface area contributed by atoms with Gasteiger partial charge in [-0.3, -0.25) is 9.89 Å². The molecule has 5 nitrogen and oxygen atoms in total. The molecule has 0 saturated carbocycles. The van der Waals surface area contributed by atoms with E-state index in [9.17, 15) is 18.0 Å². The minimum absolute atomic E-state index is 0. The number of rotatable bonds is 4. The average Bonchev–Trinajstić information content (AvgIpc) is 3.04. The molecular formula is C18H22ClF3N4O. The van der Waals surface area contributed by atoms with Crippen molar-refractivity contribution in [2.45, 2.75) is 44.9 Å². The van der Waals surface area contributed by atoms with Crippen LogP contribution < -0.4 is 10.6 Å². The van der Waals surface area contributed by atoms with Crippen molar-refractivity contribution in [1.29, 1.82) is 0 Å². The van der Waals surface area contributed by atoms with Crippen LogP contribution in [-0.2, 0) is 19.1 Å². The summed E-state index contributed by atoms with van der Waals surface area (Å²) in [6, 6.07) is 4.97. The van der Waals surface area contributed by atoms with Gasteiger partial charge in [0.2, 0.25) is 0 Å². The number of amides is 1. The molecule has 3 rings (SSSR count). The molecule has 2 aromatic rings. The molecule has 2 unspecified atom stereocenters. The Morgan fingerprint density at radius 3 is 2.67 bits per heavy atom. The summed E-state index contributed by atoms with van der Waals surface area (Å²) in [5, 5.41) is 12.9. The van der Waals surface area contributed by atoms with Crippen LogP contribution in [0.1, 0.15) is 52.6 Å². The van der Waals surface area contributed by atoms with Crippen molar-refractivity contribution in [3.63, 3.8) is 0 Å². The number of nitrogens with one attached hydrogen (secondary N) is 3. The van der Waals surface area contributed by atoms with Gasteiger partial charge in [-0.05, 0) is 18.6 Å². The Labute approximate surface area is 161 Å². The van der Waals surface area contributed by atoms with Crippen LogP contribution in [0.3, 0.4) is 0 Å². The fourth-order valence-corrected chi connectivity index (χ4v) is 3.23. The van der Waals surface area contributed by atoms with E-state index in [0.717, 1.165) is 30.3 Å². The smallest absolute Gasteiger partial charge is 0.348 e. The highest BCUT2D eigenvalue weighted by molar-refractivity contribution is 5.94.